The molecule has 0 saturated heterocycles. The lowest BCUT2D eigenvalue weighted by molar-refractivity contribution is -0.141. The topological polar surface area (TPSA) is 59.2 Å². The second-order valence-corrected chi connectivity index (χ2v) is 5.78. The van der Waals surface area contributed by atoms with Gasteiger partial charge in [0.25, 0.3) is 0 Å². The minimum Gasteiger partial charge on any atom is -0.320 e. The molecule has 1 aromatic heterocycles. The quantitative estimate of drug-likeness (QED) is 0.879. The summed E-state index contributed by atoms with van der Waals surface area (Å²) in [5, 5.41) is 0. The van der Waals surface area contributed by atoms with Crippen LogP contribution in [-0.4, -0.2) is 16.9 Å². The average molecular weight is 372 g/mol. The molecule has 2 atom stereocenters. The number of anilines is 1. The van der Waals surface area contributed by atoms with Crippen LogP contribution in [0, 0.1) is 0 Å². The van der Waals surface area contributed by atoms with Gasteiger partial charge in [-0.05, 0) is 24.1 Å². The second-order valence-electron chi connectivity index (χ2n) is 5.78. The highest BCUT2D eigenvalue weighted by Gasteiger charge is 2.39. The van der Waals surface area contributed by atoms with Gasteiger partial charge < -0.3 is 5.73 Å². The van der Waals surface area contributed by atoms with E-state index in [4.69, 9.17) is 5.73 Å². The molecule has 2 N–H and O–H groups in total. The zero-order chi connectivity index (χ0) is 17.5. The highest BCUT2D eigenvalue weighted by atomic mass is 35.5. The highest BCUT2D eigenvalue weighted by Crippen LogP contribution is 2.36. The molecule has 0 aliphatic carbocycles. The van der Waals surface area contributed by atoms with Crippen LogP contribution in [0.1, 0.15) is 29.8 Å². The third-order valence-corrected chi connectivity index (χ3v) is 4.14. The summed E-state index contributed by atoms with van der Waals surface area (Å²) in [5.41, 5.74) is 6.20. The molecule has 4 nitrogen and oxygen atoms in total. The van der Waals surface area contributed by atoms with Gasteiger partial charge in [-0.2, -0.15) is 13.2 Å². The molecule has 134 valence electrons. The van der Waals surface area contributed by atoms with Gasteiger partial charge >= 0.3 is 6.18 Å². The molecule has 0 bridgehead atoms. The van der Waals surface area contributed by atoms with Crippen LogP contribution in [0.15, 0.2) is 42.5 Å². The van der Waals surface area contributed by atoms with Crippen molar-refractivity contribution < 1.29 is 18.0 Å². The molecule has 0 saturated carbocycles. The van der Waals surface area contributed by atoms with E-state index in [0.717, 1.165) is 11.6 Å². The van der Waals surface area contributed by atoms with Gasteiger partial charge in [0.15, 0.2) is 0 Å². The monoisotopic (exact) mass is 371 g/mol. The molecule has 0 unspecified atom stereocenters. The standard InChI is InChI=1S/C17H16F3N3O.ClH/c1-10(11-5-3-2-4-6-11)23-15-12(9-13(21)16(23)24)7-8-14(22-15)17(18,19)20;/h2-8,10,13H,9,21H2,1H3;1H/t10-,13+;/m0./s1. The van der Waals surface area contributed by atoms with Gasteiger partial charge in [0.2, 0.25) is 5.91 Å². The Hall–Kier alpha value is -2.12. The van der Waals surface area contributed by atoms with Crippen LogP contribution in [0.3, 0.4) is 0 Å². The van der Waals surface area contributed by atoms with Crippen molar-refractivity contribution in [2.75, 3.05) is 4.90 Å². The fourth-order valence-electron chi connectivity index (χ4n) is 2.87. The summed E-state index contributed by atoms with van der Waals surface area (Å²) in [7, 11) is 0. The van der Waals surface area contributed by atoms with Crippen molar-refractivity contribution in [2.24, 2.45) is 5.73 Å². The summed E-state index contributed by atoms with van der Waals surface area (Å²) in [6, 6.07) is 10.1. The van der Waals surface area contributed by atoms with E-state index in [1.54, 1.807) is 19.1 Å². The summed E-state index contributed by atoms with van der Waals surface area (Å²) >= 11 is 0. The van der Waals surface area contributed by atoms with Crippen molar-refractivity contribution in [3.63, 3.8) is 0 Å². The van der Waals surface area contributed by atoms with Gasteiger partial charge in [-0.1, -0.05) is 36.4 Å². The first-order valence-electron chi connectivity index (χ1n) is 7.49. The first-order valence-corrected chi connectivity index (χ1v) is 7.49. The lowest BCUT2D eigenvalue weighted by Gasteiger charge is -2.36. The Morgan fingerprint density at radius 1 is 1.20 bits per heavy atom. The molecule has 8 heteroatoms. The number of nitrogens with zero attached hydrogens (tertiary/aromatic N) is 2. The molecular weight excluding hydrogens is 355 g/mol. The second kappa shape index (κ2) is 7.01. The Morgan fingerprint density at radius 2 is 1.84 bits per heavy atom. The molecule has 1 aromatic carbocycles. The molecule has 25 heavy (non-hydrogen) atoms. The van der Waals surface area contributed by atoms with Crippen LogP contribution in [0.2, 0.25) is 0 Å². The Kier molecular flexibility index (Phi) is 5.39. The van der Waals surface area contributed by atoms with Crippen molar-refractivity contribution >= 4 is 24.1 Å². The van der Waals surface area contributed by atoms with Crippen molar-refractivity contribution in [3.8, 4) is 0 Å². The molecule has 2 aromatic rings. The number of fused-ring (bicyclic) bond motifs is 1. The summed E-state index contributed by atoms with van der Waals surface area (Å²) in [6.07, 6.45) is -4.39. The number of carbonyl (C=O) groups excluding carboxylic acids is 1. The van der Waals surface area contributed by atoms with Crippen LogP contribution in [-0.2, 0) is 17.4 Å². The van der Waals surface area contributed by atoms with Crippen molar-refractivity contribution in [1.29, 1.82) is 0 Å². The molecular formula is C17H17ClF3N3O. The van der Waals surface area contributed by atoms with Crippen molar-refractivity contribution in [2.45, 2.75) is 31.6 Å². The summed E-state index contributed by atoms with van der Waals surface area (Å²) < 4.78 is 39.0. The number of pyridine rings is 1. The van der Waals surface area contributed by atoms with E-state index in [2.05, 4.69) is 4.98 Å². The van der Waals surface area contributed by atoms with Gasteiger partial charge in [0.1, 0.15) is 11.5 Å². The van der Waals surface area contributed by atoms with Crippen LogP contribution >= 0.6 is 12.4 Å². The Morgan fingerprint density at radius 3 is 2.44 bits per heavy atom. The SMILES string of the molecule is C[C@@H](c1ccccc1)N1C(=O)[C@H](N)Cc2ccc(C(F)(F)F)nc21.Cl. The number of hydrogen-bond donors (Lipinski definition) is 1. The fraction of sp³-hybridized carbons (Fsp3) is 0.294. The van der Waals surface area contributed by atoms with Crippen molar-refractivity contribution in [3.05, 3.63) is 59.3 Å². The van der Waals surface area contributed by atoms with E-state index >= 15 is 0 Å². The lowest BCUT2D eigenvalue weighted by Crippen LogP contribution is -2.50. The third-order valence-electron chi connectivity index (χ3n) is 4.14. The number of benzene rings is 1. The number of aromatic nitrogens is 1. The zero-order valence-electron chi connectivity index (χ0n) is 13.3. The molecule has 0 spiro atoms. The largest absolute Gasteiger partial charge is 0.433 e. The predicted molar refractivity (Wildman–Crippen MR) is 90.5 cm³/mol. The van der Waals surface area contributed by atoms with E-state index in [1.165, 1.54) is 11.0 Å². The molecule has 1 aliphatic heterocycles. The lowest BCUT2D eigenvalue weighted by atomic mass is 9.97. The minimum absolute atomic E-state index is 0. The molecule has 0 fully saturated rings. The van der Waals surface area contributed by atoms with E-state index in [1.807, 2.05) is 18.2 Å². The van der Waals surface area contributed by atoms with Crippen LogP contribution in [0.4, 0.5) is 19.0 Å². The average Bonchev–Trinajstić information content (AvgIpc) is 2.55. The predicted octanol–water partition coefficient (Wildman–Crippen LogP) is 3.50. The van der Waals surface area contributed by atoms with Gasteiger partial charge in [-0.15, -0.1) is 12.4 Å². The maximum Gasteiger partial charge on any atom is 0.433 e. The molecule has 2 heterocycles. The number of halogens is 4. The van der Waals surface area contributed by atoms with Crippen LogP contribution < -0.4 is 10.6 Å². The number of hydrogen-bond acceptors (Lipinski definition) is 3. The normalized spacial score (nSPS) is 18.4. The molecule has 1 aliphatic rings. The molecule has 3 rings (SSSR count). The summed E-state index contributed by atoms with van der Waals surface area (Å²) in [5.74, 6) is -0.390. The fourth-order valence-corrected chi connectivity index (χ4v) is 2.87. The number of amides is 1. The zero-order valence-corrected chi connectivity index (χ0v) is 14.1. The van der Waals surface area contributed by atoms with Gasteiger partial charge in [-0.25, -0.2) is 4.98 Å². The number of alkyl halides is 3. The third kappa shape index (κ3) is 3.62. The van der Waals surface area contributed by atoms with Gasteiger partial charge in [0.05, 0.1) is 12.1 Å². The Balaban J connectivity index is 0.00000225. The van der Waals surface area contributed by atoms with Crippen LogP contribution in [0.25, 0.3) is 0 Å². The maximum absolute atomic E-state index is 13.0. The van der Waals surface area contributed by atoms with E-state index in [9.17, 15) is 18.0 Å². The molecule has 0 radical (unpaired) electrons. The highest BCUT2D eigenvalue weighted by molar-refractivity contribution is 5.99. The maximum atomic E-state index is 13.0. The van der Waals surface area contributed by atoms with Crippen LogP contribution in [0.5, 0.6) is 0 Å². The number of carbonyl (C=O) groups is 1. The number of nitrogens with two attached hydrogens (primary N) is 1. The molecule has 1 amide bonds. The summed E-state index contributed by atoms with van der Waals surface area (Å²) in [4.78, 5) is 17.5. The first kappa shape index (κ1) is 19.2. The van der Waals surface area contributed by atoms with E-state index in [0.29, 0.717) is 5.56 Å². The minimum atomic E-state index is -4.57. The Bertz CT molecular complexity index is 767. The van der Waals surface area contributed by atoms with E-state index in [-0.39, 0.29) is 24.6 Å². The van der Waals surface area contributed by atoms with Crippen molar-refractivity contribution in [1.82, 2.24) is 4.98 Å². The van der Waals surface area contributed by atoms with Gasteiger partial charge in [-0.3, -0.25) is 9.69 Å². The Labute approximate surface area is 149 Å². The number of rotatable bonds is 2. The van der Waals surface area contributed by atoms with E-state index < -0.39 is 29.9 Å². The first-order chi connectivity index (χ1) is 11.3. The smallest absolute Gasteiger partial charge is 0.320 e. The summed E-state index contributed by atoms with van der Waals surface area (Å²) in [6.45, 7) is 1.75. The van der Waals surface area contributed by atoms with Gasteiger partial charge in [0, 0.05) is 6.42 Å².